The molecular formula is C7H7N3O2S. The van der Waals surface area contributed by atoms with Crippen LogP contribution in [0.1, 0.15) is 0 Å². The lowest BCUT2D eigenvalue weighted by Gasteiger charge is -1.98. The molecule has 2 N–H and O–H groups in total. The summed E-state index contributed by atoms with van der Waals surface area (Å²) >= 11 is 0. The first kappa shape index (κ1) is 8.21. The summed E-state index contributed by atoms with van der Waals surface area (Å²) in [5.74, 6) is 0. The van der Waals surface area contributed by atoms with Crippen LogP contribution in [0.5, 0.6) is 0 Å². The maximum Gasteiger partial charge on any atom is 0.241 e. The smallest absolute Gasteiger partial charge is 0.241 e. The lowest BCUT2D eigenvalue weighted by molar-refractivity contribution is 0.597. The lowest BCUT2D eigenvalue weighted by atomic mass is 10.6. The highest BCUT2D eigenvalue weighted by Crippen LogP contribution is 2.07. The van der Waals surface area contributed by atoms with E-state index >= 15 is 0 Å². The highest BCUT2D eigenvalue weighted by molar-refractivity contribution is 7.89. The maximum absolute atomic E-state index is 10.9. The standard InChI is InChI=1S/C7H7N3O2S/c8-13(11,12)6-4-9-7-2-1-3-10(7)5-6/h1-5H,(H2,8,11,12). The second-order valence-electron chi connectivity index (χ2n) is 2.61. The van der Waals surface area contributed by atoms with Crippen molar-refractivity contribution in [2.45, 2.75) is 4.90 Å². The average Bonchev–Trinajstić information content (AvgIpc) is 2.47. The van der Waals surface area contributed by atoms with Crippen LogP contribution in [-0.2, 0) is 10.0 Å². The largest absolute Gasteiger partial charge is 0.307 e. The fourth-order valence-electron chi connectivity index (χ4n) is 1.05. The Morgan fingerprint density at radius 1 is 1.46 bits per heavy atom. The van der Waals surface area contributed by atoms with Gasteiger partial charge in [-0.3, -0.25) is 0 Å². The molecule has 6 heteroatoms. The van der Waals surface area contributed by atoms with E-state index in [2.05, 4.69) is 4.98 Å². The van der Waals surface area contributed by atoms with E-state index in [9.17, 15) is 8.42 Å². The SMILES string of the molecule is NS(=O)(=O)c1cnc2cccn2c1. The third-order valence-corrected chi connectivity index (χ3v) is 2.54. The number of hydrogen-bond donors (Lipinski definition) is 1. The molecule has 0 fully saturated rings. The first-order valence-corrected chi connectivity index (χ1v) is 5.07. The molecule has 0 atom stereocenters. The van der Waals surface area contributed by atoms with Gasteiger partial charge in [0.15, 0.2) is 0 Å². The summed E-state index contributed by atoms with van der Waals surface area (Å²) in [4.78, 5) is 3.92. The number of nitrogens with two attached hydrogens (primary N) is 1. The molecule has 0 saturated heterocycles. The minimum absolute atomic E-state index is 0.0104. The van der Waals surface area contributed by atoms with E-state index in [0.717, 1.165) is 0 Å². The zero-order valence-electron chi connectivity index (χ0n) is 6.58. The topological polar surface area (TPSA) is 77.5 Å². The molecule has 0 bridgehead atoms. The number of nitrogens with zero attached hydrogens (tertiary/aromatic N) is 2. The van der Waals surface area contributed by atoms with Crippen LogP contribution in [0.3, 0.4) is 0 Å². The summed E-state index contributed by atoms with van der Waals surface area (Å²) in [6.45, 7) is 0. The summed E-state index contributed by atoms with van der Waals surface area (Å²) in [6.07, 6.45) is 4.37. The molecule has 2 rings (SSSR count). The van der Waals surface area contributed by atoms with Gasteiger partial charge in [0.1, 0.15) is 10.5 Å². The van der Waals surface area contributed by atoms with E-state index in [1.807, 2.05) is 0 Å². The van der Waals surface area contributed by atoms with Gasteiger partial charge in [-0.05, 0) is 12.1 Å². The van der Waals surface area contributed by atoms with Crippen molar-refractivity contribution in [3.05, 3.63) is 30.7 Å². The van der Waals surface area contributed by atoms with Crippen LogP contribution in [-0.4, -0.2) is 17.8 Å². The molecule has 0 aliphatic carbocycles. The van der Waals surface area contributed by atoms with Crippen molar-refractivity contribution in [2.75, 3.05) is 0 Å². The molecule has 2 heterocycles. The monoisotopic (exact) mass is 197 g/mol. The Labute approximate surface area is 74.9 Å². The van der Waals surface area contributed by atoms with Crippen molar-refractivity contribution < 1.29 is 8.42 Å². The zero-order chi connectivity index (χ0) is 9.47. The Morgan fingerprint density at radius 3 is 2.92 bits per heavy atom. The molecule has 13 heavy (non-hydrogen) atoms. The van der Waals surface area contributed by atoms with Gasteiger partial charge < -0.3 is 4.40 Å². The van der Waals surface area contributed by atoms with Gasteiger partial charge in [0.2, 0.25) is 10.0 Å². The van der Waals surface area contributed by atoms with Gasteiger partial charge in [0.05, 0.1) is 6.20 Å². The van der Waals surface area contributed by atoms with E-state index in [1.165, 1.54) is 12.4 Å². The van der Waals surface area contributed by atoms with E-state index in [0.29, 0.717) is 5.65 Å². The summed E-state index contributed by atoms with van der Waals surface area (Å²) in [5.41, 5.74) is 0.687. The summed E-state index contributed by atoms with van der Waals surface area (Å²) < 4.78 is 23.4. The minimum atomic E-state index is -3.66. The Hall–Kier alpha value is -1.40. The molecular weight excluding hydrogens is 190 g/mol. The van der Waals surface area contributed by atoms with Crippen molar-refractivity contribution in [3.63, 3.8) is 0 Å². The summed E-state index contributed by atoms with van der Waals surface area (Å²) in [7, 11) is -3.66. The zero-order valence-corrected chi connectivity index (χ0v) is 7.40. The molecule has 2 aromatic rings. The molecule has 5 nitrogen and oxygen atoms in total. The van der Waals surface area contributed by atoms with Crippen molar-refractivity contribution in [1.29, 1.82) is 0 Å². The molecule has 0 aromatic carbocycles. The number of hydrogen-bond acceptors (Lipinski definition) is 3. The number of sulfonamides is 1. The van der Waals surface area contributed by atoms with Crippen LogP contribution in [0, 0.1) is 0 Å². The van der Waals surface area contributed by atoms with Gasteiger partial charge >= 0.3 is 0 Å². The number of fused-ring (bicyclic) bond motifs is 1. The predicted molar refractivity (Wildman–Crippen MR) is 46.6 cm³/mol. The maximum atomic E-state index is 10.9. The van der Waals surface area contributed by atoms with Crippen LogP contribution >= 0.6 is 0 Å². The fraction of sp³-hybridized carbons (Fsp3) is 0. The molecule has 0 aliphatic rings. The van der Waals surface area contributed by atoms with Gasteiger partial charge in [-0.25, -0.2) is 18.5 Å². The Bertz CT molecular complexity index is 544. The number of rotatable bonds is 1. The molecule has 0 spiro atoms. The average molecular weight is 197 g/mol. The van der Waals surface area contributed by atoms with Crippen LogP contribution in [0.2, 0.25) is 0 Å². The van der Waals surface area contributed by atoms with E-state index in [4.69, 9.17) is 5.14 Å². The van der Waals surface area contributed by atoms with Gasteiger partial charge in [-0.15, -0.1) is 0 Å². The van der Waals surface area contributed by atoms with Crippen LogP contribution in [0.4, 0.5) is 0 Å². The first-order valence-electron chi connectivity index (χ1n) is 3.53. The van der Waals surface area contributed by atoms with Gasteiger partial charge in [-0.1, -0.05) is 0 Å². The van der Waals surface area contributed by atoms with E-state index < -0.39 is 10.0 Å². The predicted octanol–water partition coefficient (Wildman–Crippen LogP) is -0.0183. The third kappa shape index (κ3) is 1.41. The molecule has 0 amide bonds. The third-order valence-electron chi connectivity index (χ3n) is 1.68. The highest BCUT2D eigenvalue weighted by atomic mass is 32.2. The molecule has 68 valence electrons. The lowest BCUT2D eigenvalue weighted by Crippen LogP contribution is -2.13. The minimum Gasteiger partial charge on any atom is -0.307 e. The molecule has 0 saturated carbocycles. The van der Waals surface area contributed by atoms with E-state index in [1.54, 1.807) is 22.7 Å². The van der Waals surface area contributed by atoms with Crippen LogP contribution in [0.15, 0.2) is 35.6 Å². The van der Waals surface area contributed by atoms with Crippen molar-refractivity contribution in [1.82, 2.24) is 9.38 Å². The Balaban J connectivity index is 2.75. The quantitative estimate of drug-likeness (QED) is 0.698. The number of primary sulfonamides is 1. The van der Waals surface area contributed by atoms with Gasteiger partial charge in [-0.2, -0.15) is 0 Å². The summed E-state index contributed by atoms with van der Waals surface area (Å²) in [6, 6.07) is 3.54. The normalized spacial score (nSPS) is 12.1. The molecule has 2 aromatic heterocycles. The second kappa shape index (κ2) is 2.54. The van der Waals surface area contributed by atoms with Crippen molar-refractivity contribution in [3.8, 4) is 0 Å². The Kier molecular flexibility index (Phi) is 1.61. The van der Waals surface area contributed by atoms with E-state index in [-0.39, 0.29) is 4.90 Å². The highest BCUT2D eigenvalue weighted by Gasteiger charge is 2.08. The second-order valence-corrected chi connectivity index (χ2v) is 4.17. The number of aromatic nitrogens is 2. The Morgan fingerprint density at radius 2 is 2.23 bits per heavy atom. The van der Waals surface area contributed by atoms with Crippen molar-refractivity contribution >= 4 is 15.7 Å². The first-order chi connectivity index (χ1) is 6.07. The van der Waals surface area contributed by atoms with Gasteiger partial charge in [0, 0.05) is 12.4 Å². The van der Waals surface area contributed by atoms with Crippen LogP contribution < -0.4 is 5.14 Å². The molecule has 0 unspecified atom stereocenters. The van der Waals surface area contributed by atoms with Gasteiger partial charge in [0.25, 0.3) is 0 Å². The summed E-state index contributed by atoms with van der Waals surface area (Å²) in [5, 5.41) is 4.94. The van der Waals surface area contributed by atoms with Crippen molar-refractivity contribution in [2.24, 2.45) is 5.14 Å². The molecule has 0 radical (unpaired) electrons. The van der Waals surface area contributed by atoms with Crippen LogP contribution in [0.25, 0.3) is 5.65 Å². The fourth-order valence-corrected chi connectivity index (χ4v) is 1.51. The molecule has 0 aliphatic heterocycles.